The van der Waals surface area contributed by atoms with Gasteiger partial charge in [-0.15, -0.1) is 0 Å². The quantitative estimate of drug-likeness (QED) is 0.529. The Morgan fingerprint density at radius 3 is 2.07 bits per heavy atom. The summed E-state index contributed by atoms with van der Waals surface area (Å²) in [5.41, 5.74) is 4.85. The monoisotopic (exact) mass is 206 g/mol. The molecule has 0 heterocycles. The molecule has 0 amide bonds. The second-order valence-electron chi connectivity index (χ2n) is 4.11. The summed E-state index contributed by atoms with van der Waals surface area (Å²) in [6.45, 7) is 3.08. The van der Waals surface area contributed by atoms with Crippen LogP contribution in [0.25, 0.3) is 0 Å². The number of nitrogens with zero attached hydrogens (tertiary/aromatic N) is 1. The molecule has 0 saturated heterocycles. The summed E-state index contributed by atoms with van der Waals surface area (Å²) in [4.78, 5) is 10.0. The molecule has 86 valence electrons. The summed E-state index contributed by atoms with van der Waals surface area (Å²) >= 11 is 0. The van der Waals surface area contributed by atoms with Gasteiger partial charge in [-0.3, -0.25) is 0 Å². The Kier molecular flexibility index (Phi) is 8.72. The fraction of sp³-hybridized carbons (Fsp3) is 0.889. The zero-order valence-electron chi connectivity index (χ0n) is 9.49. The topological polar surface area (TPSA) is 86.4 Å². The van der Waals surface area contributed by atoms with Gasteiger partial charge in [-0.2, -0.15) is 0 Å². The summed E-state index contributed by atoms with van der Waals surface area (Å²) < 4.78 is 0.550. The van der Waals surface area contributed by atoms with Gasteiger partial charge in [-0.1, -0.05) is 6.92 Å². The van der Waals surface area contributed by atoms with E-state index in [0.717, 1.165) is 6.54 Å². The molecule has 14 heavy (non-hydrogen) atoms. The van der Waals surface area contributed by atoms with Gasteiger partial charge >= 0.3 is 0 Å². The minimum Gasteiger partial charge on any atom is -0.550 e. The molecule has 0 bridgehead atoms. The van der Waals surface area contributed by atoms with Crippen molar-refractivity contribution in [3.63, 3.8) is 0 Å². The third kappa shape index (κ3) is 17.4. The molecule has 5 nitrogen and oxygen atoms in total. The van der Waals surface area contributed by atoms with Crippen molar-refractivity contribution < 1.29 is 19.5 Å². The van der Waals surface area contributed by atoms with Crippen molar-refractivity contribution in [2.75, 3.05) is 34.2 Å². The first kappa shape index (κ1) is 15.8. The van der Waals surface area contributed by atoms with Crippen LogP contribution in [0.2, 0.25) is 0 Å². The Morgan fingerprint density at radius 1 is 1.50 bits per heavy atom. The largest absolute Gasteiger partial charge is 0.550 e. The first-order valence-corrected chi connectivity index (χ1v) is 4.61. The van der Waals surface area contributed by atoms with Crippen LogP contribution in [0.4, 0.5) is 0 Å². The van der Waals surface area contributed by atoms with Gasteiger partial charge in [0.05, 0.1) is 21.1 Å². The standard InChI is InChI=1S/C7H15NO3.C2H7N/c1-8(2,3)5-6(9)4-7(10)11;1-2-3/h6,9H,4-5H2,1-3H3;2-3H2,1H3/t6-;/m1./s1. The molecule has 0 spiro atoms. The van der Waals surface area contributed by atoms with Gasteiger partial charge in [0.2, 0.25) is 0 Å². The van der Waals surface area contributed by atoms with E-state index >= 15 is 0 Å². The lowest BCUT2D eigenvalue weighted by molar-refractivity contribution is -0.873. The number of nitrogens with two attached hydrogens (primary N) is 1. The van der Waals surface area contributed by atoms with Crippen LogP contribution in [0.1, 0.15) is 13.3 Å². The normalized spacial score (nSPS) is 12.7. The lowest BCUT2D eigenvalue weighted by Crippen LogP contribution is -2.43. The summed E-state index contributed by atoms with van der Waals surface area (Å²) in [5.74, 6) is -1.20. The van der Waals surface area contributed by atoms with E-state index in [1.54, 1.807) is 0 Å². The van der Waals surface area contributed by atoms with E-state index in [-0.39, 0.29) is 6.42 Å². The number of carbonyl (C=O) groups excluding carboxylic acids is 1. The Bertz CT molecular complexity index is 155. The van der Waals surface area contributed by atoms with Gasteiger partial charge in [0.15, 0.2) is 0 Å². The molecule has 5 heteroatoms. The first-order chi connectivity index (χ1) is 6.22. The number of carboxylic acid groups (broad SMARTS) is 1. The van der Waals surface area contributed by atoms with Crippen molar-refractivity contribution in [1.29, 1.82) is 0 Å². The molecule has 0 fully saturated rings. The average molecular weight is 206 g/mol. The van der Waals surface area contributed by atoms with Gasteiger partial charge in [0.1, 0.15) is 12.6 Å². The fourth-order valence-electron chi connectivity index (χ4n) is 0.889. The number of hydrogen-bond donors (Lipinski definition) is 2. The zero-order valence-corrected chi connectivity index (χ0v) is 9.49. The molecule has 0 rings (SSSR count). The van der Waals surface area contributed by atoms with Crippen LogP contribution in [-0.4, -0.2) is 55.9 Å². The van der Waals surface area contributed by atoms with Crippen LogP contribution in [0.5, 0.6) is 0 Å². The first-order valence-electron chi connectivity index (χ1n) is 4.61. The maximum Gasteiger partial charge on any atom is 0.108 e. The fourth-order valence-corrected chi connectivity index (χ4v) is 0.889. The predicted molar refractivity (Wildman–Crippen MR) is 53.3 cm³/mol. The minimum atomic E-state index is -1.20. The van der Waals surface area contributed by atoms with E-state index in [1.165, 1.54) is 0 Å². The highest BCUT2D eigenvalue weighted by Crippen LogP contribution is 1.97. The van der Waals surface area contributed by atoms with E-state index in [0.29, 0.717) is 11.0 Å². The van der Waals surface area contributed by atoms with Crippen molar-refractivity contribution in [1.82, 2.24) is 0 Å². The lowest BCUT2D eigenvalue weighted by Gasteiger charge is -2.26. The number of carboxylic acids is 1. The number of hydrogen-bond acceptors (Lipinski definition) is 4. The van der Waals surface area contributed by atoms with Crippen molar-refractivity contribution in [2.24, 2.45) is 5.73 Å². The second-order valence-corrected chi connectivity index (χ2v) is 4.11. The van der Waals surface area contributed by atoms with E-state index in [1.807, 2.05) is 28.1 Å². The summed E-state index contributed by atoms with van der Waals surface area (Å²) in [5, 5.41) is 19.1. The second kappa shape index (κ2) is 7.73. The van der Waals surface area contributed by atoms with Crippen molar-refractivity contribution in [3.05, 3.63) is 0 Å². The number of likely N-dealkylation sites (N-methyl/N-ethyl adjacent to an activating group) is 1. The molecule has 0 aliphatic carbocycles. The number of rotatable bonds is 4. The smallest absolute Gasteiger partial charge is 0.108 e. The molecule has 0 aliphatic heterocycles. The zero-order chi connectivity index (χ0) is 11.8. The number of aliphatic carboxylic acids is 1. The van der Waals surface area contributed by atoms with E-state index < -0.39 is 12.1 Å². The highest BCUT2D eigenvalue weighted by atomic mass is 16.4. The van der Waals surface area contributed by atoms with Crippen LogP contribution in [0, 0.1) is 0 Å². The number of carbonyl (C=O) groups is 1. The SMILES string of the molecule is CCN.C[N+](C)(C)C[C@H](O)CC(=O)[O-]. The number of aliphatic hydroxyl groups is 1. The summed E-state index contributed by atoms with van der Waals surface area (Å²) in [7, 11) is 5.66. The molecule has 1 atom stereocenters. The Labute approximate surface area is 85.7 Å². The highest BCUT2D eigenvalue weighted by Gasteiger charge is 2.14. The van der Waals surface area contributed by atoms with Crippen LogP contribution < -0.4 is 10.8 Å². The van der Waals surface area contributed by atoms with Crippen LogP contribution in [0.3, 0.4) is 0 Å². The van der Waals surface area contributed by atoms with Gasteiger partial charge in [0.25, 0.3) is 0 Å². The van der Waals surface area contributed by atoms with Gasteiger partial charge in [-0.05, 0) is 6.54 Å². The molecular formula is C9H22N2O3. The van der Waals surface area contributed by atoms with Gasteiger partial charge in [0, 0.05) is 12.4 Å². The van der Waals surface area contributed by atoms with Crippen molar-refractivity contribution in [3.8, 4) is 0 Å². The number of quaternary nitrogens is 1. The molecule has 0 aromatic rings. The van der Waals surface area contributed by atoms with Gasteiger partial charge in [-0.25, -0.2) is 0 Å². The molecule has 0 unspecified atom stereocenters. The van der Waals surface area contributed by atoms with E-state index in [9.17, 15) is 9.90 Å². The predicted octanol–water partition coefficient (Wildman–Crippen LogP) is -1.84. The van der Waals surface area contributed by atoms with E-state index in [4.69, 9.17) is 10.8 Å². The Hall–Kier alpha value is -0.650. The lowest BCUT2D eigenvalue weighted by atomic mass is 10.2. The molecule has 3 N–H and O–H groups in total. The third-order valence-corrected chi connectivity index (χ3v) is 1.16. The van der Waals surface area contributed by atoms with Crippen LogP contribution in [-0.2, 0) is 4.79 Å². The maximum absolute atomic E-state index is 10.0. The molecule has 0 saturated carbocycles. The Balaban J connectivity index is 0. The Morgan fingerprint density at radius 2 is 1.86 bits per heavy atom. The maximum atomic E-state index is 10.0. The summed E-state index contributed by atoms with van der Waals surface area (Å²) in [6.07, 6.45) is -1.09. The van der Waals surface area contributed by atoms with Crippen LogP contribution >= 0.6 is 0 Å². The molecule has 0 aromatic heterocycles. The van der Waals surface area contributed by atoms with Crippen molar-refractivity contribution >= 4 is 5.97 Å². The van der Waals surface area contributed by atoms with Crippen molar-refractivity contribution in [2.45, 2.75) is 19.4 Å². The third-order valence-electron chi connectivity index (χ3n) is 1.16. The average Bonchev–Trinajstić information content (AvgIpc) is 1.80. The van der Waals surface area contributed by atoms with Crippen LogP contribution in [0.15, 0.2) is 0 Å². The van der Waals surface area contributed by atoms with E-state index in [2.05, 4.69) is 0 Å². The molecule has 0 radical (unpaired) electrons. The highest BCUT2D eigenvalue weighted by molar-refractivity contribution is 5.64. The molecular weight excluding hydrogens is 184 g/mol. The molecule has 0 aromatic carbocycles. The van der Waals surface area contributed by atoms with Gasteiger partial charge < -0.3 is 25.2 Å². The summed E-state index contributed by atoms with van der Waals surface area (Å²) in [6, 6.07) is 0. The molecule has 0 aliphatic rings. The minimum absolute atomic E-state index is 0.282. The number of aliphatic hydroxyl groups excluding tert-OH is 1.